The molecule has 3 aromatic rings. The Hall–Kier alpha value is -3.48. The van der Waals surface area contributed by atoms with Crippen LogP contribution in [0.3, 0.4) is 0 Å². The highest BCUT2D eigenvalue weighted by Crippen LogP contribution is 2.30. The second-order valence-electron chi connectivity index (χ2n) is 7.86. The third-order valence-electron chi connectivity index (χ3n) is 5.75. The van der Waals surface area contributed by atoms with Gasteiger partial charge in [0.2, 0.25) is 5.91 Å². The van der Waals surface area contributed by atoms with Gasteiger partial charge in [0.1, 0.15) is 12.1 Å². The van der Waals surface area contributed by atoms with Crippen molar-refractivity contribution in [1.82, 2.24) is 10.5 Å². The van der Waals surface area contributed by atoms with Gasteiger partial charge in [0, 0.05) is 29.8 Å². The molecule has 1 fully saturated rings. The molecule has 2 aromatic carbocycles. The lowest BCUT2D eigenvalue weighted by Crippen LogP contribution is -2.33. The molecule has 0 spiro atoms. The molecule has 1 aliphatic carbocycles. The van der Waals surface area contributed by atoms with Crippen LogP contribution in [0, 0.1) is 17.7 Å². The van der Waals surface area contributed by atoms with Crippen LogP contribution in [0.25, 0.3) is 11.1 Å². The Balaban J connectivity index is 1.28. The van der Waals surface area contributed by atoms with E-state index in [9.17, 15) is 14.0 Å². The van der Waals surface area contributed by atoms with Crippen molar-refractivity contribution in [3.05, 3.63) is 72.4 Å². The summed E-state index contributed by atoms with van der Waals surface area (Å²) in [6, 6.07) is 15.4. The standard InChI is InChI=1S/C24H24FN3O3/c25-21-7-2-1-6-20(21)18-4-3-5-19(14-18)27-23(29)17-10-8-16(9-11-17)15-26-24(30)22-12-13-31-28-22/h1-7,12-14,16-17H,8-11,15H2,(H,26,30)(H,27,29). The fourth-order valence-corrected chi connectivity index (χ4v) is 3.99. The first-order valence-corrected chi connectivity index (χ1v) is 10.4. The van der Waals surface area contributed by atoms with Gasteiger partial charge in [-0.05, 0) is 55.4 Å². The number of rotatable bonds is 6. The van der Waals surface area contributed by atoms with E-state index < -0.39 is 0 Å². The molecule has 31 heavy (non-hydrogen) atoms. The molecular weight excluding hydrogens is 397 g/mol. The van der Waals surface area contributed by atoms with E-state index in [4.69, 9.17) is 0 Å². The Morgan fingerprint density at radius 1 is 1.03 bits per heavy atom. The number of amides is 2. The van der Waals surface area contributed by atoms with Crippen molar-refractivity contribution in [2.75, 3.05) is 11.9 Å². The molecule has 1 aliphatic rings. The summed E-state index contributed by atoms with van der Waals surface area (Å²) >= 11 is 0. The van der Waals surface area contributed by atoms with Crippen LogP contribution in [0.4, 0.5) is 10.1 Å². The van der Waals surface area contributed by atoms with Gasteiger partial charge in [-0.25, -0.2) is 4.39 Å². The van der Waals surface area contributed by atoms with E-state index in [0.29, 0.717) is 23.7 Å². The highest BCUT2D eigenvalue weighted by Gasteiger charge is 2.27. The predicted octanol–water partition coefficient (Wildman–Crippen LogP) is 4.66. The summed E-state index contributed by atoms with van der Waals surface area (Å²) in [6.07, 6.45) is 4.64. The number of nitrogens with zero attached hydrogens (tertiary/aromatic N) is 1. The highest BCUT2D eigenvalue weighted by molar-refractivity contribution is 5.93. The third-order valence-corrected chi connectivity index (χ3v) is 5.75. The maximum absolute atomic E-state index is 14.1. The molecule has 1 saturated carbocycles. The van der Waals surface area contributed by atoms with Gasteiger partial charge < -0.3 is 15.2 Å². The van der Waals surface area contributed by atoms with Crippen LogP contribution in [0.2, 0.25) is 0 Å². The Morgan fingerprint density at radius 2 is 1.84 bits per heavy atom. The van der Waals surface area contributed by atoms with Crippen molar-refractivity contribution in [2.45, 2.75) is 25.7 Å². The van der Waals surface area contributed by atoms with Crippen LogP contribution in [0.1, 0.15) is 36.2 Å². The fraction of sp³-hybridized carbons (Fsp3) is 0.292. The van der Waals surface area contributed by atoms with Crippen LogP contribution < -0.4 is 10.6 Å². The quantitative estimate of drug-likeness (QED) is 0.607. The van der Waals surface area contributed by atoms with Crippen molar-refractivity contribution in [2.24, 2.45) is 11.8 Å². The van der Waals surface area contributed by atoms with Gasteiger partial charge in [-0.1, -0.05) is 35.5 Å². The van der Waals surface area contributed by atoms with Gasteiger partial charge in [0.15, 0.2) is 5.69 Å². The summed E-state index contributed by atoms with van der Waals surface area (Å²) in [6.45, 7) is 0.560. The summed E-state index contributed by atoms with van der Waals surface area (Å²) in [4.78, 5) is 24.7. The Labute approximate surface area is 179 Å². The molecule has 1 heterocycles. The lowest BCUT2D eigenvalue weighted by molar-refractivity contribution is -0.121. The minimum atomic E-state index is -0.292. The second-order valence-corrected chi connectivity index (χ2v) is 7.86. The van der Waals surface area contributed by atoms with Crippen LogP contribution in [0.15, 0.2) is 65.4 Å². The maximum Gasteiger partial charge on any atom is 0.273 e. The molecule has 0 unspecified atom stereocenters. The summed E-state index contributed by atoms with van der Waals surface area (Å²) < 4.78 is 18.7. The Kier molecular flexibility index (Phi) is 6.40. The summed E-state index contributed by atoms with van der Waals surface area (Å²) in [5.41, 5.74) is 2.16. The van der Waals surface area contributed by atoms with Gasteiger partial charge >= 0.3 is 0 Å². The van der Waals surface area contributed by atoms with Gasteiger partial charge in [-0.3, -0.25) is 9.59 Å². The zero-order valence-corrected chi connectivity index (χ0v) is 17.0. The molecule has 2 amide bonds. The molecule has 0 saturated heterocycles. The fourth-order valence-electron chi connectivity index (χ4n) is 3.99. The molecule has 0 atom stereocenters. The normalized spacial score (nSPS) is 18.4. The van der Waals surface area contributed by atoms with Crippen LogP contribution in [0.5, 0.6) is 0 Å². The number of hydrogen-bond acceptors (Lipinski definition) is 4. The molecule has 7 heteroatoms. The van der Waals surface area contributed by atoms with Crippen molar-refractivity contribution in [1.29, 1.82) is 0 Å². The van der Waals surface area contributed by atoms with Crippen LogP contribution in [-0.2, 0) is 4.79 Å². The van der Waals surface area contributed by atoms with Crippen LogP contribution in [-0.4, -0.2) is 23.5 Å². The molecular formula is C24H24FN3O3. The van der Waals surface area contributed by atoms with E-state index in [1.54, 1.807) is 24.3 Å². The number of carbonyl (C=O) groups is 2. The smallest absolute Gasteiger partial charge is 0.273 e. The van der Waals surface area contributed by atoms with Gasteiger partial charge in [0.05, 0.1) is 0 Å². The average molecular weight is 421 g/mol. The number of hydrogen-bond donors (Lipinski definition) is 2. The molecule has 160 valence electrons. The highest BCUT2D eigenvalue weighted by atomic mass is 19.1. The van der Waals surface area contributed by atoms with E-state index in [1.807, 2.05) is 18.2 Å². The number of benzene rings is 2. The monoisotopic (exact) mass is 421 g/mol. The zero-order valence-electron chi connectivity index (χ0n) is 17.0. The van der Waals surface area contributed by atoms with E-state index in [2.05, 4.69) is 20.3 Å². The number of halogens is 1. The Bertz CT molecular complexity index is 1040. The minimum absolute atomic E-state index is 0.0178. The van der Waals surface area contributed by atoms with E-state index >= 15 is 0 Å². The number of nitrogens with one attached hydrogen (secondary N) is 2. The first-order valence-electron chi connectivity index (χ1n) is 10.4. The molecule has 0 bridgehead atoms. The van der Waals surface area contributed by atoms with Crippen molar-refractivity contribution >= 4 is 17.5 Å². The Morgan fingerprint density at radius 3 is 2.58 bits per heavy atom. The molecule has 2 N–H and O–H groups in total. The van der Waals surface area contributed by atoms with E-state index in [-0.39, 0.29) is 29.2 Å². The average Bonchev–Trinajstić information content (AvgIpc) is 3.33. The molecule has 0 aliphatic heterocycles. The summed E-state index contributed by atoms with van der Waals surface area (Å²) in [5.74, 6) is -0.289. The SMILES string of the molecule is O=C(NCC1CCC(C(=O)Nc2cccc(-c3ccccc3F)c2)CC1)c1ccon1. The zero-order chi connectivity index (χ0) is 21.6. The predicted molar refractivity (Wildman–Crippen MR) is 115 cm³/mol. The first-order chi connectivity index (χ1) is 15.1. The molecule has 1 aromatic heterocycles. The summed E-state index contributed by atoms with van der Waals surface area (Å²) in [5, 5.41) is 9.47. The molecule has 4 rings (SSSR count). The largest absolute Gasteiger partial charge is 0.364 e. The number of anilines is 1. The van der Waals surface area contributed by atoms with Crippen molar-refractivity contribution in [3.63, 3.8) is 0 Å². The third kappa shape index (κ3) is 5.17. The van der Waals surface area contributed by atoms with Crippen molar-refractivity contribution < 1.29 is 18.5 Å². The number of aromatic nitrogens is 1. The van der Waals surface area contributed by atoms with Gasteiger partial charge in [-0.2, -0.15) is 0 Å². The van der Waals surface area contributed by atoms with Crippen molar-refractivity contribution in [3.8, 4) is 11.1 Å². The van der Waals surface area contributed by atoms with Gasteiger partial charge in [0.25, 0.3) is 5.91 Å². The lowest BCUT2D eigenvalue weighted by atomic mass is 9.81. The van der Waals surface area contributed by atoms with E-state index in [1.165, 1.54) is 18.4 Å². The lowest BCUT2D eigenvalue weighted by Gasteiger charge is -2.27. The van der Waals surface area contributed by atoms with Gasteiger partial charge in [-0.15, -0.1) is 0 Å². The van der Waals surface area contributed by atoms with Crippen LogP contribution >= 0.6 is 0 Å². The minimum Gasteiger partial charge on any atom is -0.364 e. The topological polar surface area (TPSA) is 84.2 Å². The maximum atomic E-state index is 14.1. The van der Waals surface area contributed by atoms with E-state index in [0.717, 1.165) is 31.2 Å². The molecule has 6 nitrogen and oxygen atoms in total. The molecule has 0 radical (unpaired) electrons. The summed E-state index contributed by atoms with van der Waals surface area (Å²) in [7, 11) is 0. The first kappa shape index (κ1) is 20.8. The second kappa shape index (κ2) is 9.55. The number of carbonyl (C=O) groups excluding carboxylic acids is 2.